The number of benzene rings is 1. The Bertz CT molecular complexity index is 573. The topological polar surface area (TPSA) is 79.9 Å². The van der Waals surface area contributed by atoms with Crippen LogP contribution in [0.4, 0.5) is 0 Å². The fraction of sp³-hybridized carbons (Fsp3) is 0.214. The molecule has 2 aromatic rings. The van der Waals surface area contributed by atoms with Gasteiger partial charge in [0.25, 0.3) is 0 Å². The van der Waals surface area contributed by atoms with Crippen LogP contribution in [0.3, 0.4) is 0 Å². The highest BCUT2D eigenvalue weighted by Gasteiger charge is 2.15. The quantitative estimate of drug-likeness (QED) is 0.865. The van der Waals surface area contributed by atoms with E-state index in [9.17, 15) is 4.79 Å². The van der Waals surface area contributed by atoms with Crippen molar-refractivity contribution in [1.82, 2.24) is 0 Å². The van der Waals surface area contributed by atoms with Crippen molar-refractivity contribution in [2.24, 2.45) is 0 Å². The van der Waals surface area contributed by atoms with Crippen molar-refractivity contribution in [3.05, 3.63) is 53.5 Å². The molecule has 0 radical (unpaired) electrons. The van der Waals surface area contributed by atoms with Gasteiger partial charge in [-0.25, -0.2) is 4.79 Å². The lowest BCUT2D eigenvalue weighted by Gasteiger charge is -2.12. The highest BCUT2D eigenvalue weighted by atomic mass is 16.5. The molecule has 1 heterocycles. The number of aliphatic hydroxyl groups excluding tert-OH is 1. The van der Waals surface area contributed by atoms with E-state index in [2.05, 4.69) is 0 Å². The third-order valence-electron chi connectivity index (χ3n) is 2.63. The Morgan fingerprint density at radius 1 is 1.37 bits per heavy atom. The van der Waals surface area contributed by atoms with Gasteiger partial charge in [0, 0.05) is 0 Å². The molecule has 5 heteroatoms. The fourth-order valence-electron chi connectivity index (χ4n) is 1.67. The summed E-state index contributed by atoms with van der Waals surface area (Å²) in [5.41, 5.74) is 0.746. The van der Waals surface area contributed by atoms with Gasteiger partial charge in [0.1, 0.15) is 11.5 Å². The molecule has 0 amide bonds. The van der Waals surface area contributed by atoms with Gasteiger partial charge >= 0.3 is 5.97 Å². The van der Waals surface area contributed by atoms with E-state index in [1.165, 1.54) is 6.07 Å². The number of rotatable bonds is 5. The van der Waals surface area contributed by atoms with Gasteiger partial charge in [-0.1, -0.05) is 12.1 Å². The Balaban J connectivity index is 2.10. The van der Waals surface area contributed by atoms with Gasteiger partial charge in [0.05, 0.1) is 6.61 Å². The van der Waals surface area contributed by atoms with Crippen molar-refractivity contribution in [1.29, 1.82) is 0 Å². The lowest BCUT2D eigenvalue weighted by Crippen LogP contribution is -2.02. The molecule has 0 aliphatic carbocycles. The zero-order chi connectivity index (χ0) is 13.8. The van der Waals surface area contributed by atoms with Crippen LogP contribution in [0.2, 0.25) is 0 Å². The number of hydrogen-bond donors (Lipinski definition) is 2. The molecular formula is C14H14O5. The number of carbonyl (C=O) groups is 1. The molecule has 2 N–H and O–H groups in total. The van der Waals surface area contributed by atoms with Crippen LogP contribution in [0, 0.1) is 0 Å². The standard InChI is InChI=1S/C14H14O5/c1-9(12-5-6-13(19-12)14(16)17)18-11-4-2-3-10(7-11)8-15/h2-7,9,15H,8H2,1H3,(H,16,17). The average molecular weight is 262 g/mol. The van der Waals surface area contributed by atoms with Crippen LogP contribution in [0.15, 0.2) is 40.8 Å². The van der Waals surface area contributed by atoms with Crippen LogP contribution in [-0.2, 0) is 6.61 Å². The third kappa shape index (κ3) is 3.14. The zero-order valence-corrected chi connectivity index (χ0v) is 10.4. The first kappa shape index (κ1) is 13.2. The molecule has 0 bridgehead atoms. The van der Waals surface area contributed by atoms with Crippen LogP contribution >= 0.6 is 0 Å². The van der Waals surface area contributed by atoms with Crippen molar-refractivity contribution in [3.63, 3.8) is 0 Å². The molecule has 1 unspecified atom stereocenters. The van der Waals surface area contributed by atoms with E-state index in [4.69, 9.17) is 19.4 Å². The van der Waals surface area contributed by atoms with Gasteiger partial charge in [-0.15, -0.1) is 0 Å². The zero-order valence-electron chi connectivity index (χ0n) is 10.4. The minimum absolute atomic E-state index is 0.0600. The van der Waals surface area contributed by atoms with Crippen LogP contribution in [0.25, 0.3) is 0 Å². The monoisotopic (exact) mass is 262 g/mol. The van der Waals surface area contributed by atoms with Gasteiger partial charge in [-0.3, -0.25) is 0 Å². The Kier molecular flexibility index (Phi) is 3.87. The second-order valence-electron chi connectivity index (χ2n) is 4.07. The van der Waals surface area contributed by atoms with Crippen LogP contribution in [-0.4, -0.2) is 16.2 Å². The number of carboxylic acid groups (broad SMARTS) is 1. The molecule has 1 atom stereocenters. The summed E-state index contributed by atoms with van der Waals surface area (Å²) >= 11 is 0. The molecule has 0 spiro atoms. The minimum Gasteiger partial charge on any atom is -0.483 e. The minimum atomic E-state index is -1.11. The van der Waals surface area contributed by atoms with Crippen molar-refractivity contribution in [2.45, 2.75) is 19.6 Å². The van der Waals surface area contributed by atoms with Crippen LogP contribution in [0.1, 0.15) is 34.9 Å². The predicted molar refractivity (Wildman–Crippen MR) is 67.1 cm³/mol. The summed E-state index contributed by atoms with van der Waals surface area (Å²) in [5, 5.41) is 17.8. The number of aromatic carboxylic acids is 1. The molecule has 1 aromatic carbocycles. The summed E-state index contributed by atoms with van der Waals surface area (Å²) in [7, 11) is 0. The number of furan rings is 1. The molecule has 0 saturated carbocycles. The van der Waals surface area contributed by atoms with E-state index in [0.29, 0.717) is 11.5 Å². The van der Waals surface area contributed by atoms with E-state index in [1.54, 1.807) is 37.3 Å². The highest BCUT2D eigenvalue weighted by molar-refractivity contribution is 5.84. The number of carboxylic acids is 1. The van der Waals surface area contributed by atoms with Gasteiger partial charge in [0.15, 0.2) is 6.10 Å². The smallest absolute Gasteiger partial charge is 0.371 e. The molecule has 19 heavy (non-hydrogen) atoms. The van der Waals surface area contributed by atoms with E-state index in [1.807, 2.05) is 0 Å². The number of aliphatic hydroxyl groups is 1. The first-order valence-corrected chi connectivity index (χ1v) is 5.79. The average Bonchev–Trinajstić information content (AvgIpc) is 2.89. The van der Waals surface area contributed by atoms with Gasteiger partial charge in [-0.05, 0) is 36.8 Å². The first-order chi connectivity index (χ1) is 9.10. The number of ether oxygens (including phenoxy) is 1. The SMILES string of the molecule is CC(Oc1cccc(CO)c1)c1ccc(C(=O)O)o1. The van der Waals surface area contributed by atoms with Gasteiger partial charge in [-0.2, -0.15) is 0 Å². The maximum Gasteiger partial charge on any atom is 0.371 e. The van der Waals surface area contributed by atoms with E-state index in [0.717, 1.165) is 5.56 Å². The number of hydrogen-bond acceptors (Lipinski definition) is 4. The summed E-state index contributed by atoms with van der Waals surface area (Å²) in [6, 6.07) is 10.0. The van der Waals surface area contributed by atoms with Crippen LogP contribution < -0.4 is 4.74 Å². The molecule has 5 nitrogen and oxygen atoms in total. The normalized spacial score (nSPS) is 12.1. The molecule has 0 saturated heterocycles. The lowest BCUT2D eigenvalue weighted by molar-refractivity contribution is 0.0655. The predicted octanol–water partition coefficient (Wildman–Crippen LogP) is 2.61. The second kappa shape index (κ2) is 5.58. The van der Waals surface area contributed by atoms with Crippen molar-refractivity contribution in [3.8, 4) is 5.75 Å². The molecule has 1 aromatic heterocycles. The second-order valence-corrected chi connectivity index (χ2v) is 4.07. The molecule has 0 aliphatic heterocycles. The Labute approximate surface area is 110 Å². The van der Waals surface area contributed by atoms with Gasteiger partial charge in [0.2, 0.25) is 5.76 Å². The highest BCUT2D eigenvalue weighted by Crippen LogP contribution is 2.24. The van der Waals surface area contributed by atoms with Crippen molar-refractivity contribution >= 4 is 5.97 Å². The van der Waals surface area contributed by atoms with E-state index in [-0.39, 0.29) is 12.4 Å². The van der Waals surface area contributed by atoms with Crippen molar-refractivity contribution < 1.29 is 24.2 Å². The summed E-state index contributed by atoms with van der Waals surface area (Å²) in [6.45, 7) is 1.70. The van der Waals surface area contributed by atoms with Crippen LogP contribution in [0.5, 0.6) is 5.75 Å². The first-order valence-electron chi connectivity index (χ1n) is 5.79. The van der Waals surface area contributed by atoms with Gasteiger partial charge < -0.3 is 19.4 Å². The molecular weight excluding hydrogens is 248 g/mol. The maximum atomic E-state index is 10.7. The lowest BCUT2D eigenvalue weighted by atomic mass is 10.2. The largest absolute Gasteiger partial charge is 0.483 e. The summed E-state index contributed by atoms with van der Waals surface area (Å²) in [4.78, 5) is 10.7. The van der Waals surface area contributed by atoms with E-state index >= 15 is 0 Å². The Morgan fingerprint density at radius 2 is 2.16 bits per heavy atom. The summed E-state index contributed by atoms with van der Waals surface area (Å²) < 4.78 is 10.8. The molecule has 0 aliphatic rings. The Hall–Kier alpha value is -2.27. The molecule has 2 rings (SSSR count). The maximum absolute atomic E-state index is 10.7. The molecule has 100 valence electrons. The summed E-state index contributed by atoms with van der Waals surface area (Å²) in [5.74, 6) is -0.200. The molecule has 0 fully saturated rings. The Morgan fingerprint density at radius 3 is 2.79 bits per heavy atom. The third-order valence-corrected chi connectivity index (χ3v) is 2.63. The fourth-order valence-corrected chi connectivity index (χ4v) is 1.67. The van der Waals surface area contributed by atoms with Crippen molar-refractivity contribution in [2.75, 3.05) is 0 Å². The van der Waals surface area contributed by atoms with E-state index < -0.39 is 12.1 Å². The summed E-state index contributed by atoms with van der Waals surface area (Å²) in [6.07, 6.45) is -0.415.